The zero-order chi connectivity index (χ0) is 16.4. The van der Waals surface area contributed by atoms with Crippen molar-refractivity contribution in [3.63, 3.8) is 0 Å². The summed E-state index contributed by atoms with van der Waals surface area (Å²) in [4.78, 5) is 16.5. The van der Waals surface area contributed by atoms with Crippen molar-refractivity contribution < 1.29 is 9.21 Å². The number of anilines is 1. The largest absolute Gasteiger partial charge is 0.451 e. The van der Waals surface area contributed by atoms with Crippen LogP contribution in [0.1, 0.15) is 16.2 Å². The van der Waals surface area contributed by atoms with E-state index in [1.165, 1.54) is 0 Å². The topological polar surface area (TPSA) is 67.2 Å². The van der Waals surface area contributed by atoms with E-state index in [4.69, 9.17) is 16.6 Å². The van der Waals surface area contributed by atoms with Crippen molar-refractivity contribution in [3.8, 4) is 0 Å². The Morgan fingerprint density at radius 1 is 1.26 bits per heavy atom. The summed E-state index contributed by atoms with van der Waals surface area (Å²) in [6, 6.07) is 12.7. The molecule has 116 valence electrons. The highest BCUT2D eigenvalue weighted by molar-refractivity contribution is 9.10. The zero-order valence-electron chi connectivity index (χ0n) is 12.1. The van der Waals surface area contributed by atoms with Gasteiger partial charge in [-0.15, -0.1) is 0 Å². The van der Waals surface area contributed by atoms with E-state index in [1.807, 2.05) is 31.2 Å². The molecular weight excluding hydrogens is 378 g/mol. The Kier molecular flexibility index (Phi) is 4.40. The van der Waals surface area contributed by atoms with Gasteiger partial charge in [0.15, 0.2) is 10.9 Å². The number of fused-ring (bicyclic) bond motifs is 1. The summed E-state index contributed by atoms with van der Waals surface area (Å²) < 4.78 is 6.40. The number of nitrogens with one attached hydrogen (secondary N) is 2. The van der Waals surface area contributed by atoms with E-state index < -0.39 is 5.91 Å². The molecule has 2 heterocycles. The van der Waals surface area contributed by atoms with Gasteiger partial charge in [-0.05, 0) is 59.3 Å². The first-order valence-corrected chi connectivity index (χ1v) is 7.97. The Morgan fingerprint density at radius 2 is 2.04 bits per heavy atom. The van der Waals surface area contributed by atoms with Crippen LogP contribution in [0.5, 0.6) is 0 Å². The van der Waals surface area contributed by atoms with Crippen LogP contribution in [-0.4, -0.2) is 16.0 Å². The Hall–Kier alpha value is -2.25. The fraction of sp³-hybridized carbons (Fsp3) is 0.0625. The van der Waals surface area contributed by atoms with Gasteiger partial charge in [-0.2, -0.15) is 0 Å². The lowest BCUT2D eigenvalue weighted by molar-refractivity contribution is 0.0953. The highest BCUT2D eigenvalue weighted by atomic mass is 79.9. The van der Waals surface area contributed by atoms with Gasteiger partial charge in [0.05, 0.1) is 5.69 Å². The van der Waals surface area contributed by atoms with Crippen molar-refractivity contribution >= 4 is 56.0 Å². The van der Waals surface area contributed by atoms with Gasteiger partial charge < -0.3 is 9.73 Å². The first-order valence-electron chi connectivity index (χ1n) is 6.77. The highest BCUT2D eigenvalue weighted by Crippen LogP contribution is 2.19. The van der Waals surface area contributed by atoms with Crippen LogP contribution in [0.25, 0.3) is 11.0 Å². The normalized spacial score (nSPS) is 10.5. The Labute approximate surface area is 146 Å². The molecule has 0 fully saturated rings. The maximum Gasteiger partial charge on any atom is 0.293 e. The number of halogens is 1. The standard InChI is InChI=1S/C16H12BrN3O2S/c1-9-11(17)6-7-14(18-9)19-16(23)20-15(21)13-8-10-4-2-3-5-12(10)22-13/h2-8H,1H3,(H2,18,19,20,21,23). The van der Waals surface area contributed by atoms with Crippen LogP contribution in [0.3, 0.4) is 0 Å². The molecule has 3 rings (SSSR count). The number of carbonyl (C=O) groups is 1. The van der Waals surface area contributed by atoms with Gasteiger partial charge in [0.25, 0.3) is 5.91 Å². The molecule has 0 saturated heterocycles. The number of aromatic nitrogens is 1. The fourth-order valence-electron chi connectivity index (χ4n) is 2.02. The number of aryl methyl sites for hydroxylation is 1. The molecule has 23 heavy (non-hydrogen) atoms. The summed E-state index contributed by atoms with van der Waals surface area (Å²) in [6.45, 7) is 1.87. The number of rotatable bonds is 2. The van der Waals surface area contributed by atoms with Gasteiger partial charge in [0.2, 0.25) is 0 Å². The molecule has 0 aliphatic carbocycles. The molecule has 1 amide bonds. The molecule has 5 nitrogen and oxygen atoms in total. The molecule has 0 radical (unpaired) electrons. The van der Waals surface area contributed by atoms with Crippen molar-refractivity contribution in [1.29, 1.82) is 0 Å². The highest BCUT2D eigenvalue weighted by Gasteiger charge is 2.13. The van der Waals surface area contributed by atoms with Crippen LogP contribution in [0.15, 0.2) is 51.4 Å². The Morgan fingerprint density at radius 3 is 2.78 bits per heavy atom. The maximum atomic E-state index is 12.2. The second-order valence-corrected chi connectivity index (χ2v) is 6.08. The van der Waals surface area contributed by atoms with Crippen molar-refractivity contribution in [2.75, 3.05) is 5.32 Å². The molecule has 3 aromatic rings. The molecule has 0 unspecified atom stereocenters. The second kappa shape index (κ2) is 6.47. The van der Waals surface area contributed by atoms with Crippen molar-refractivity contribution in [2.24, 2.45) is 0 Å². The molecular formula is C16H12BrN3O2S. The monoisotopic (exact) mass is 389 g/mol. The smallest absolute Gasteiger partial charge is 0.293 e. The minimum Gasteiger partial charge on any atom is -0.451 e. The number of carbonyl (C=O) groups excluding carboxylic acids is 1. The lowest BCUT2D eigenvalue weighted by Gasteiger charge is -2.08. The van der Waals surface area contributed by atoms with E-state index >= 15 is 0 Å². The number of pyridine rings is 1. The summed E-state index contributed by atoms with van der Waals surface area (Å²) in [5, 5.41) is 6.47. The van der Waals surface area contributed by atoms with Gasteiger partial charge in [-0.3, -0.25) is 10.1 Å². The van der Waals surface area contributed by atoms with E-state index in [2.05, 4.69) is 31.5 Å². The van der Waals surface area contributed by atoms with E-state index in [0.29, 0.717) is 11.4 Å². The summed E-state index contributed by atoms with van der Waals surface area (Å²) in [5.74, 6) is 0.350. The van der Waals surface area contributed by atoms with Gasteiger partial charge in [0, 0.05) is 9.86 Å². The number of benzene rings is 1. The summed E-state index contributed by atoms with van der Waals surface area (Å²) in [7, 11) is 0. The van der Waals surface area contributed by atoms with Gasteiger partial charge in [0.1, 0.15) is 11.4 Å². The first kappa shape index (κ1) is 15.6. The van der Waals surface area contributed by atoms with Crippen molar-refractivity contribution in [2.45, 2.75) is 6.92 Å². The molecule has 0 aliphatic rings. The molecule has 2 N–H and O–H groups in total. The van der Waals surface area contributed by atoms with E-state index in [0.717, 1.165) is 15.6 Å². The number of para-hydroxylation sites is 1. The average Bonchev–Trinajstić information content (AvgIpc) is 2.95. The summed E-state index contributed by atoms with van der Waals surface area (Å²) >= 11 is 8.51. The molecule has 0 spiro atoms. The molecule has 7 heteroatoms. The molecule has 0 bridgehead atoms. The predicted molar refractivity (Wildman–Crippen MR) is 96.6 cm³/mol. The molecule has 2 aromatic heterocycles. The minimum atomic E-state index is -0.410. The second-order valence-electron chi connectivity index (χ2n) is 4.82. The number of thiocarbonyl (C=S) groups is 1. The van der Waals surface area contributed by atoms with Crippen LogP contribution in [0, 0.1) is 6.92 Å². The third kappa shape index (κ3) is 3.57. The zero-order valence-corrected chi connectivity index (χ0v) is 14.5. The van der Waals surface area contributed by atoms with Crippen molar-refractivity contribution in [3.05, 3.63) is 58.4 Å². The summed E-state index contributed by atoms with van der Waals surface area (Å²) in [6.07, 6.45) is 0. The minimum absolute atomic E-state index is 0.157. The van der Waals surface area contributed by atoms with Crippen molar-refractivity contribution in [1.82, 2.24) is 10.3 Å². The van der Waals surface area contributed by atoms with Crippen LogP contribution in [0.2, 0.25) is 0 Å². The third-order valence-corrected chi connectivity index (χ3v) is 4.18. The molecule has 0 atom stereocenters. The van der Waals surface area contributed by atoms with Gasteiger partial charge in [-0.25, -0.2) is 4.98 Å². The average molecular weight is 390 g/mol. The lowest BCUT2D eigenvalue weighted by Crippen LogP contribution is -2.34. The first-order chi connectivity index (χ1) is 11.0. The third-order valence-electron chi connectivity index (χ3n) is 3.14. The maximum absolute atomic E-state index is 12.2. The Bertz CT molecular complexity index is 874. The van der Waals surface area contributed by atoms with E-state index in [1.54, 1.807) is 18.2 Å². The number of nitrogens with zero attached hydrogens (tertiary/aromatic N) is 1. The number of furan rings is 1. The van der Waals surface area contributed by atoms with E-state index in [9.17, 15) is 4.79 Å². The van der Waals surface area contributed by atoms with E-state index in [-0.39, 0.29) is 10.9 Å². The van der Waals surface area contributed by atoms with Crippen LogP contribution in [0.4, 0.5) is 5.82 Å². The number of hydrogen-bond acceptors (Lipinski definition) is 4. The Balaban J connectivity index is 1.69. The lowest BCUT2D eigenvalue weighted by atomic mass is 10.2. The van der Waals surface area contributed by atoms with Crippen LogP contribution in [-0.2, 0) is 0 Å². The molecule has 1 aromatic carbocycles. The number of amides is 1. The quantitative estimate of drug-likeness (QED) is 0.647. The fourth-order valence-corrected chi connectivity index (χ4v) is 2.44. The van der Waals surface area contributed by atoms with Gasteiger partial charge >= 0.3 is 0 Å². The molecule has 0 saturated carbocycles. The van der Waals surface area contributed by atoms with Crippen LogP contribution < -0.4 is 10.6 Å². The predicted octanol–water partition coefficient (Wildman–Crippen LogP) is 4.03. The number of hydrogen-bond donors (Lipinski definition) is 2. The summed E-state index contributed by atoms with van der Waals surface area (Å²) in [5.41, 5.74) is 1.48. The van der Waals surface area contributed by atoms with Crippen LogP contribution >= 0.6 is 28.1 Å². The molecule has 0 aliphatic heterocycles. The SMILES string of the molecule is Cc1nc(NC(=S)NC(=O)c2cc3ccccc3o2)ccc1Br. The van der Waals surface area contributed by atoms with Gasteiger partial charge in [-0.1, -0.05) is 18.2 Å².